The van der Waals surface area contributed by atoms with E-state index in [9.17, 15) is 10.1 Å². The Morgan fingerprint density at radius 2 is 1.79 bits per heavy atom. The fourth-order valence-corrected chi connectivity index (χ4v) is 2.16. The zero-order valence-corrected chi connectivity index (χ0v) is 13.9. The molecule has 0 aliphatic rings. The molecule has 1 amide bonds. The summed E-state index contributed by atoms with van der Waals surface area (Å²) in [6, 6.07) is 16.8. The van der Waals surface area contributed by atoms with Gasteiger partial charge in [0.25, 0.3) is 5.91 Å². The van der Waals surface area contributed by atoms with Gasteiger partial charge in [0.05, 0.1) is 6.61 Å². The first kappa shape index (κ1) is 17.3. The highest BCUT2D eigenvalue weighted by Gasteiger charge is 2.09. The lowest BCUT2D eigenvalue weighted by molar-refractivity contribution is -0.112. The third-order valence-corrected chi connectivity index (χ3v) is 3.49. The maximum absolute atomic E-state index is 12.2. The van der Waals surface area contributed by atoms with E-state index in [2.05, 4.69) is 12.2 Å². The Hall–Kier alpha value is -3.06. The zero-order chi connectivity index (χ0) is 17.4. The van der Waals surface area contributed by atoms with Crippen molar-refractivity contribution < 1.29 is 9.53 Å². The molecule has 4 nitrogen and oxygen atoms in total. The predicted octanol–water partition coefficient (Wildman–Crippen LogP) is 4.19. The molecule has 0 saturated heterocycles. The number of carbonyl (C=O) groups excluding carboxylic acids is 1. The van der Waals surface area contributed by atoms with Crippen molar-refractivity contribution in [1.29, 1.82) is 5.26 Å². The predicted molar refractivity (Wildman–Crippen MR) is 95.7 cm³/mol. The van der Waals surface area contributed by atoms with Crippen LogP contribution in [-0.2, 0) is 11.2 Å². The number of nitrogens with zero attached hydrogens (tertiary/aromatic N) is 1. The highest BCUT2D eigenvalue weighted by molar-refractivity contribution is 6.09. The van der Waals surface area contributed by atoms with Crippen LogP contribution in [0.1, 0.15) is 25.0 Å². The van der Waals surface area contributed by atoms with Gasteiger partial charge in [0.15, 0.2) is 0 Å². The van der Waals surface area contributed by atoms with Crippen LogP contribution < -0.4 is 10.1 Å². The van der Waals surface area contributed by atoms with Crippen molar-refractivity contribution in [2.75, 3.05) is 11.9 Å². The smallest absolute Gasteiger partial charge is 0.266 e. The summed E-state index contributed by atoms with van der Waals surface area (Å²) in [5.41, 5.74) is 2.72. The lowest BCUT2D eigenvalue weighted by Gasteiger charge is -2.06. The highest BCUT2D eigenvalue weighted by Crippen LogP contribution is 2.17. The van der Waals surface area contributed by atoms with Crippen LogP contribution in [0.4, 0.5) is 5.69 Å². The summed E-state index contributed by atoms with van der Waals surface area (Å²) in [6.07, 6.45) is 2.54. The van der Waals surface area contributed by atoms with Gasteiger partial charge in [-0.25, -0.2) is 0 Å². The number of ether oxygens (including phenoxy) is 1. The van der Waals surface area contributed by atoms with Gasteiger partial charge >= 0.3 is 0 Å². The second-order valence-electron chi connectivity index (χ2n) is 5.18. The van der Waals surface area contributed by atoms with Crippen LogP contribution in [0, 0.1) is 11.3 Å². The van der Waals surface area contributed by atoms with Gasteiger partial charge in [0, 0.05) is 5.69 Å². The standard InChI is InChI=1S/C20H20N2O2/c1-3-15-5-7-16(8-6-15)13-17(14-21)20(23)22-18-9-11-19(12-10-18)24-4-2/h5-13H,3-4H2,1-2H3,(H,22,23)/b17-13-. The van der Waals surface area contributed by atoms with Crippen LogP contribution in [0.25, 0.3) is 6.08 Å². The van der Waals surface area contributed by atoms with Gasteiger partial charge in [-0.2, -0.15) is 5.26 Å². The first-order valence-corrected chi connectivity index (χ1v) is 7.91. The molecule has 0 spiro atoms. The van der Waals surface area contributed by atoms with E-state index in [1.54, 1.807) is 30.3 Å². The topological polar surface area (TPSA) is 62.1 Å². The monoisotopic (exact) mass is 320 g/mol. The van der Waals surface area contributed by atoms with E-state index >= 15 is 0 Å². The van der Waals surface area contributed by atoms with E-state index in [1.165, 1.54) is 5.56 Å². The molecule has 0 unspecified atom stereocenters. The number of aryl methyl sites for hydroxylation is 1. The third kappa shape index (κ3) is 4.72. The Morgan fingerprint density at radius 1 is 1.12 bits per heavy atom. The lowest BCUT2D eigenvalue weighted by atomic mass is 10.1. The quantitative estimate of drug-likeness (QED) is 0.641. The summed E-state index contributed by atoms with van der Waals surface area (Å²) < 4.78 is 5.36. The number of nitrogens with one attached hydrogen (secondary N) is 1. The highest BCUT2D eigenvalue weighted by atomic mass is 16.5. The molecule has 2 rings (SSSR count). The Labute approximate surface area is 142 Å². The van der Waals surface area contributed by atoms with Gasteiger partial charge in [0.2, 0.25) is 0 Å². The minimum absolute atomic E-state index is 0.0631. The van der Waals surface area contributed by atoms with Crippen LogP contribution in [0.3, 0.4) is 0 Å². The molecule has 0 aromatic heterocycles. The van der Waals surface area contributed by atoms with E-state index in [0.29, 0.717) is 12.3 Å². The van der Waals surface area contributed by atoms with Gasteiger partial charge in [-0.15, -0.1) is 0 Å². The number of benzene rings is 2. The largest absolute Gasteiger partial charge is 0.494 e. The van der Waals surface area contributed by atoms with E-state index in [0.717, 1.165) is 17.7 Å². The first-order valence-electron chi connectivity index (χ1n) is 7.91. The first-order chi connectivity index (χ1) is 11.7. The van der Waals surface area contributed by atoms with E-state index in [-0.39, 0.29) is 5.57 Å². The molecule has 122 valence electrons. The third-order valence-electron chi connectivity index (χ3n) is 3.49. The Bertz CT molecular complexity index is 754. The van der Waals surface area contributed by atoms with E-state index < -0.39 is 5.91 Å². The normalized spacial score (nSPS) is 10.8. The van der Waals surface area contributed by atoms with Crippen molar-refractivity contribution in [1.82, 2.24) is 0 Å². The van der Waals surface area contributed by atoms with Gasteiger partial charge < -0.3 is 10.1 Å². The number of anilines is 1. The van der Waals surface area contributed by atoms with E-state index in [4.69, 9.17) is 4.74 Å². The summed E-state index contributed by atoms with van der Waals surface area (Å²) in [5.74, 6) is 0.309. The number of hydrogen-bond donors (Lipinski definition) is 1. The van der Waals surface area contributed by atoms with Crippen LogP contribution in [0.15, 0.2) is 54.1 Å². The maximum atomic E-state index is 12.2. The number of hydrogen-bond acceptors (Lipinski definition) is 3. The molecule has 0 radical (unpaired) electrons. The van der Waals surface area contributed by atoms with Gasteiger partial charge in [-0.3, -0.25) is 4.79 Å². The molecule has 0 aliphatic carbocycles. The molecular formula is C20H20N2O2. The van der Waals surface area contributed by atoms with Crippen LogP contribution in [0.5, 0.6) is 5.75 Å². The fraction of sp³-hybridized carbons (Fsp3) is 0.200. The summed E-state index contributed by atoms with van der Waals surface area (Å²) in [5, 5.41) is 12.0. The second-order valence-corrected chi connectivity index (χ2v) is 5.18. The number of rotatable bonds is 6. The number of nitriles is 1. The van der Waals surface area contributed by atoms with Crippen LogP contribution >= 0.6 is 0 Å². The molecule has 2 aromatic carbocycles. The van der Waals surface area contributed by atoms with Crippen molar-refractivity contribution in [3.63, 3.8) is 0 Å². The van der Waals surface area contributed by atoms with Gasteiger partial charge in [-0.1, -0.05) is 31.2 Å². The Kier molecular flexibility index (Phi) is 6.16. The van der Waals surface area contributed by atoms with Crippen LogP contribution in [-0.4, -0.2) is 12.5 Å². The van der Waals surface area contributed by atoms with Crippen molar-refractivity contribution in [2.45, 2.75) is 20.3 Å². The average molecular weight is 320 g/mol. The average Bonchev–Trinajstić information content (AvgIpc) is 2.62. The summed E-state index contributed by atoms with van der Waals surface area (Å²) >= 11 is 0. The van der Waals surface area contributed by atoms with Crippen molar-refractivity contribution in [2.24, 2.45) is 0 Å². The zero-order valence-electron chi connectivity index (χ0n) is 13.9. The maximum Gasteiger partial charge on any atom is 0.266 e. The van der Waals surface area contributed by atoms with E-state index in [1.807, 2.05) is 37.3 Å². The lowest BCUT2D eigenvalue weighted by Crippen LogP contribution is -2.13. The number of carbonyl (C=O) groups is 1. The van der Waals surface area contributed by atoms with Gasteiger partial charge in [0.1, 0.15) is 17.4 Å². The summed E-state index contributed by atoms with van der Waals surface area (Å²) in [6.45, 7) is 4.58. The summed E-state index contributed by atoms with van der Waals surface area (Å²) in [7, 11) is 0. The number of amides is 1. The minimum Gasteiger partial charge on any atom is -0.494 e. The summed E-state index contributed by atoms with van der Waals surface area (Å²) in [4.78, 5) is 12.2. The second kappa shape index (κ2) is 8.54. The fourth-order valence-electron chi connectivity index (χ4n) is 2.16. The molecule has 0 aliphatic heterocycles. The molecule has 0 atom stereocenters. The Balaban J connectivity index is 2.10. The Morgan fingerprint density at radius 3 is 2.33 bits per heavy atom. The molecule has 4 heteroatoms. The molecule has 1 N–H and O–H groups in total. The molecule has 2 aromatic rings. The SMILES string of the molecule is CCOc1ccc(NC(=O)/C(C#N)=C\c2ccc(CC)cc2)cc1. The van der Waals surface area contributed by atoms with Gasteiger partial charge in [-0.05, 0) is 54.8 Å². The molecule has 0 saturated carbocycles. The minimum atomic E-state index is -0.429. The van der Waals surface area contributed by atoms with Crippen molar-refractivity contribution in [3.05, 3.63) is 65.2 Å². The molecule has 0 fully saturated rings. The van der Waals surface area contributed by atoms with Crippen molar-refractivity contribution in [3.8, 4) is 11.8 Å². The molecule has 24 heavy (non-hydrogen) atoms. The van der Waals surface area contributed by atoms with Crippen LogP contribution in [0.2, 0.25) is 0 Å². The molecule has 0 bridgehead atoms. The van der Waals surface area contributed by atoms with Crippen molar-refractivity contribution >= 4 is 17.7 Å². The molecular weight excluding hydrogens is 300 g/mol. The molecule has 0 heterocycles.